The smallest absolute Gasteiger partial charge is 0.467 e. The molecule has 0 radical (unpaired) electrons. The van der Waals surface area contributed by atoms with Gasteiger partial charge in [0.25, 0.3) is 0 Å². The van der Waals surface area contributed by atoms with Crippen LogP contribution in [0.5, 0.6) is 0 Å². The van der Waals surface area contributed by atoms with Crippen molar-refractivity contribution in [2.75, 3.05) is 34.5 Å². The second-order valence-electron chi connectivity index (χ2n) is 5.03. The topological polar surface area (TPSA) is 83.1 Å². The molecule has 0 unspecified atom stereocenters. The predicted octanol–water partition coefficient (Wildman–Crippen LogP) is -0.0886. The van der Waals surface area contributed by atoms with Crippen LogP contribution in [0.25, 0.3) is 0 Å². The summed E-state index contributed by atoms with van der Waals surface area (Å²) in [6.07, 6.45) is 0.315. The second kappa shape index (κ2) is 10.8. The maximum absolute atomic E-state index is 11.9. The summed E-state index contributed by atoms with van der Waals surface area (Å²) in [5.41, 5.74) is 1.73. The molecule has 0 aliphatic heterocycles. The number of nitrogens with one attached hydrogen (secondary N) is 1. The molecule has 132 valence electrons. The van der Waals surface area contributed by atoms with Crippen molar-refractivity contribution in [2.45, 2.75) is 19.4 Å². The van der Waals surface area contributed by atoms with Crippen LogP contribution in [0, 0.1) is 0 Å². The Kier molecular flexibility index (Phi) is 9.07. The number of carbonyl (C=O) groups excluding carboxylic acids is 2. The van der Waals surface area contributed by atoms with Crippen molar-refractivity contribution in [3.8, 4) is 0 Å². The Morgan fingerprint density at radius 3 is 2.25 bits per heavy atom. The molecule has 1 N–H and O–H groups in total. The van der Waals surface area contributed by atoms with Crippen molar-refractivity contribution in [3.05, 3.63) is 29.8 Å². The average Bonchev–Trinajstić information content (AvgIpc) is 2.61. The standard InChI is InChI=1S/C16H24BNO6/c1-5-24-11-15(19)18-14(16(20)21-2)10-12-6-8-13(9-7-12)17(22-3)23-4/h6-9,14H,5,10-11H2,1-4H3,(H,18,19)/t14-/m0/s1. The van der Waals surface area contributed by atoms with Gasteiger partial charge >= 0.3 is 13.1 Å². The van der Waals surface area contributed by atoms with E-state index in [4.69, 9.17) is 18.8 Å². The summed E-state index contributed by atoms with van der Waals surface area (Å²) in [6, 6.07) is 6.64. The minimum atomic E-state index is -0.769. The summed E-state index contributed by atoms with van der Waals surface area (Å²) in [5.74, 6) is -0.863. The number of carbonyl (C=O) groups is 2. The van der Waals surface area contributed by atoms with Gasteiger partial charge in [-0.1, -0.05) is 24.3 Å². The first-order chi connectivity index (χ1) is 11.5. The molecule has 0 saturated carbocycles. The molecule has 8 heteroatoms. The number of esters is 1. The third-order valence-electron chi connectivity index (χ3n) is 3.38. The Morgan fingerprint density at radius 1 is 1.12 bits per heavy atom. The zero-order valence-electron chi connectivity index (χ0n) is 14.5. The van der Waals surface area contributed by atoms with Gasteiger partial charge in [-0.2, -0.15) is 0 Å². The first-order valence-electron chi connectivity index (χ1n) is 7.65. The number of benzene rings is 1. The SMILES string of the molecule is CCOCC(=O)N[C@@H](Cc1ccc(B(OC)OC)cc1)C(=O)OC. The van der Waals surface area contributed by atoms with Crippen LogP contribution in [-0.2, 0) is 34.8 Å². The van der Waals surface area contributed by atoms with Gasteiger partial charge < -0.3 is 24.1 Å². The van der Waals surface area contributed by atoms with Crippen molar-refractivity contribution in [1.29, 1.82) is 0 Å². The van der Waals surface area contributed by atoms with Gasteiger partial charge in [-0.15, -0.1) is 0 Å². The maximum Gasteiger partial charge on any atom is 0.493 e. The van der Waals surface area contributed by atoms with Crippen LogP contribution < -0.4 is 10.8 Å². The zero-order valence-corrected chi connectivity index (χ0v) is 14.5. The maximum atomic E-state index is 11.9. The fraction of sp³-hybridized carbons (Fsp3) is 0.500. The summed E-state index contributed by atoms with van der Waals surface area (Å²) in [5, 5.41) is 2.62. The number of rotatable bonds is 10. The number of amides is 1. The van der Waals surface area contributed by atoms with E-state index in [9.17, 15) is 9.59 Å². The molecule has 1 amide bonds. The Balaban J connectivity index is 2.75. The second-order valence-corrected chi connectivity index (χ2v) is 5.03. The van der Waals surface area contributed by atoms with Gasteiger partial charge in [0.2, 0.25) is 5.91 Å². The van der Waals surface area contributed by atoms with Crippen molar-refractivity contribution >= 4 is 24.5 Å². The molecule has 1 aromatic carbocycles. The van der Waals surface area contributed by atoms with E-state index in [-0.39, 0.29) is 12.5 Å². The van der Waals surface area contributed by atoms with Crippen LogP contribution in [0.3, 0.4) is 0 Å². The lowest BCUT2D eigenvalue weighted by molar-refractivity contribution is -0.145. The number of hydrogen-bond acceptors (Lipinski definition) is 6. The monoisotopic (exact) mass is 337 g/mol. The molecule has 0 saturated heterocycles. The van der Waals surface area contributed by atoms with E-state index in [2.05, 4.69) is 5.32 Å². The van der Waals surface area contributed by atoms with E-state index in [1.807, 2.05) is 24.3 Å². The Labute approximate surface area is 142 Å². The van der Waals surface area contributed by atoms with Crippen LogP contribution in [-0.4, -0.2) is 59.6 Å². The highest BCUT2D eigenvalue weighted by Crippen LogP contribution is 2.05. The van der Waals surface area contributed by atoms with Gasteiger partial charge in [-0.25, -0.2) is 4.79 Å². The lowest BCUT2D eigenvalue weighted by atomic mass is 9.78. The Bertz CT molecular complexity index is 518. The van der Waals surface area contributed by atoms with Gasteiger partial charge in [0.15, 0.2) is 0 Å². The zero-order chi connectivity index (χ0) is 17.9. The van der Waals surface area contributed by atoms with Crippen LogP contribution in [0.1, 0.15) is 12.5 Å². The first kappa shape index (κ1) is 20.2. The normalized spacial score (nSPS) is 11.7. The third kappa shape index (κ3) is 6.31. The molecule has 24 heavy (non-hydrogen) atoms. The molecular weight excluding hydrogens is 313 g/mol. The largest absolute Gasteiger partial charge is 0.493 e. The van der Waals surface area contributed by atoms with Gasteiger partial charge in [0.05, 0.1) is 7.11 Å². The lowest BCUT2D eigenvalue weighted by Gasteiger charge is -2.17. The van der Waals surface area contributed by atoms with Crippen molar-refractivity contribution in [1.82, 2.24) is 5.32 Å². The minimum Gasteiger partial charge on any atom is -0.467 e. The van der Waals surface area contributed by atoms with E-state index < -0.39 is 19.1 Å². The van der Waals surface area contributed by atoms with Gasteiger partial charge in [-0.3, -0.25) is 4.79 Å². The molecule has 7 nitrogen and oxygen atoms in total. The molecule has 0 aliphatic rings. The van der Waals surface area contributed by atoms with Crippen molar-refractivity contribution < 1.29 is 28.4 Å². The quantitative estimate of drug-likeness (QED) is 0.475. The summed E-state index contributed by atoms with van der Waals surface area (Å²) in [7, 11) is 3.96. The van der Waals surface area contributed by atoms with E-state index in [0.717, 1.165) is 11.0 Å². The highest BCUT2D eigenvalue weighted by Gasteiger charge is 2.23. The lowest BCUT2D eigenvalue weighted by Crippen LogP contribution is -2.44. The fourth-order valence-corrected chi connectivity index (χ4v) is 2.18. The molecule has 1 rings (SSSR count). The summed E-state index contributed by atoms with van der Waals surface area (Å²) in [4.78, 5) is 23.6. The van der Waals surface area contributed by atoms with E-state index in [1.165, 1.54) is 7.11 Å². The highest BCUT2D eigenvalue weighted by atomic mass is 16.6. The van der Waals surface area contributed by atoms with Crippen molar-refractivity contribution in [3.63, 3.8) is 0 Å². The molecule has 0 spiro atoms. The molecular formula is C16H24BNO6. The molecule has 0 fully saturated rings. The van der Waals surface area contributed by atoms with E-state index in [1.54, 1.807) is 21.1 Å². The van der Waals surface area contributed by atoms with Crippen LogP contribution in [0.4, 0.5) is 0 Å². The van der Waals surface area contributed by atoms with Gasteiger partial charge in [0, 0.05) is 27.2 Å². The summed E-state index contributed by atoms with van der Waals surface area (Å²) in [6.45, 7) is 2.13. The molecule has 0 heterocycles. The van der Waals surface area contributed by atoms with Gasteiger partial charge in [0.1, 0.15) is 12.6 Å². The Hall–Kier alpha value is -1.90. The number of ether oxygens (including phenoxy) is 2. The summed E-state index contributed by atoms with van der Waals surface area (Å²) >= 11 is 0. The molecule has 1 aromatic rings. The molecule has 0 aliphatic carbocycles. The minimum absolute atomic E-state index is 0.0910. The molecule has 0 aromatic heterocycles. The Morgan fingerprint density at radius 2 is 1.75 bits per heavy atom. The average molecular weight is 337 g/mol. The fourth-order valence-electron chi connectivity index (χ4n) is 2.18. The van der Waals surface area contributed by atoms with Crippen LogP contribution in [0.15, 0.2) is 24.3 Å². The predicted molar refractivity (Wildman–Crippen MR) is 90.0 cm³/mol. The first-order valence-corrected chi connectivity index (χ1v) is 7.65. The van der Waals surface area contributed by atoms with Gasteiger partial charge in [-0.05, 0) is 17.9 Å². The van der Waals surface area contributed by atoms with E-state index in [0.29, 0.717) is 13.0 Å². The number of methoxy groups -OCH3 is 1. The number of hydrogen-bond donors (Lipinski definition) is 1. The molecule has 0 bridgehead atoms. The van der Waals surface area contributed by atoms with Crippen molar-refractivity contribution in [2.24, 2.45) is 0 Å². The third-order valence-corrected chi connectivity index (χ3v) is 3.38. The summed E-state index contributed by atoms with van der Waals surface area (Å²) < 4.78 is 20.2. The van der Waals surface area contributed by atoms with Crippen LogP contribution >= 0.6 is 0 Å². The highest BCUT2D eigenvalue weighted by molar-refractivity contribution is 6.61. The van der Waals surface area contributed by atoms with E-state index >= 15 is 0 Å². The van der Waals surface area contributed by atoms with Crippen LogP contribution in [0.2, 0.25) is 0 Å². The molecule has 1 atom stereocenters.